The molecule has 0 spiro atoms. The van der Waals surface area contributed by atoms with E-state index in [4.69, 9.17) is 0 Å². The number of rotatable bonds is 3. The zero-order chi connectivity index (χ0) is 12.1. The molecule has 94 valence electrons. The number of nitrogens with one attached hydrogen (secondary N) is 1. The van der Waals surface area contributed by atoms with E-state index in [0.29, 0.717) is 29.8 Å². The molecular formula is C13H25NO2. The van der Waals surface area contributed by atoms with Crippen LogP contribution in [0.25, 0.3) is 0 Å². The van der Waals surface area contributed by atoms with Crippen molar-refractivity contribution in [1.82, 2.24) is 5.32 Å². The molecule has 4 atom stereocenters. The van der Waals surface area contributed by atoms with Crippen LogP contribution in [-0.4, -0.2) is 34.5 Å². The van der Waals surface area contributed by atoms with Crippen LogP contribution in [0.1, 0.15) is 40.5 Å². The fourth-order valence-corrected chi connectivity index (χ4v) is 3.28. The number of aliphatic hydroxyl groups excluding tert-OH is 1. The smallest absolute Gasteiger partial charge is 0.103 e. The van der Waals surface area contributed by atoms with Gasteiger partial charge in [-0.2, -0.15) is 0 Å². The van der Waals surface area contributed by atoms with Crippen molar-refractivity contribution >= 4 is 0 Å². The average molecular weight is 227 g/mol. The van der Waals surface area contributed by atoms with Gasteiger partial charge in [0.15, 0.2) is 0 Å². The fourth-order valence-electron chi connectivity index (χ4n) is 3.28. The summed E-state index contributed by atoms with van der Waals surface area (Å²) in [5, 5.41) is 23.8. The molecule has 3 N–H and O–H groups in total. The first-order valence-corrected chi connectivity index (χ1v) is 6.41. The van der Waals surface area contributed by atoms with Crippen molar-refractivity contribution in [2.45, 2.75) is 58.3 Å². The molecule has 0 amide bonds. The van der Waals surface area contributed by atoms with Crippen LogP contribution in [-0.2, 0) is 0 Å². The highest BCUT2D eigenvalue weighted by molar-refractivity contribution is 5.14. The van der Waals surface area contributed by atoms with Gasteiger partial charge in [0.05, 0.1) is 6.10 Å². The van der Waals surface area contributed by atoms with Gasteiger partial charge in [-0.05, 0) is 30.1 Å². The van der Waals surface area contributed by atoms with E-state index in [1.54, 1.807) is 0 Å². The largest absolute Gasteiger partial charge is 0.390 e. The maximum atomic E-state index is 10.5. The summed E-state index contributed by atoms with van der Waals surface area (Å²) < 4.78 is 0. The molecule has 0 saturated heterocycles. The summed E-state index contributed by atoms with van der Waals surface area (Å²) in [5.41, 5.74) is -0.595. The summed E-state index contributed by atoms with van der Waals surface area (Å²) in [6.45, 7) is 9.11. The maximum Gasteiger partial charge on any atom is 0.103 e. The highest BCUT2D eigenvalue weighted by Crippen LogP contribution is 2.66. The van der Waals surface area contributed by atoms with Crippen molar-refractivity contribution in [3.8, 4) is 0 Å². The zero-order valence-corrected chi connectivity index (χ0v) is 10.8. The van der Waals surface area contributed by atoms with Gasteiger partial charge in [0.2, 0.25) is 0 Å². The van der Waals surface area contributed by atoms with Crippen molar-refractivity contribution in [2.75, 3.05) is 6.54 Å². The van der Waals surface area contributed by atoms with E-state index in [9.17, 15) is 10.2 Å². The molecule has 0 aromatic carbocycles. The zero-order valence-electron chi connectivity index (χ0n) is 10.8. The molecule has 16 heavy (non-hydrogen) atoms. The Morgan fingerprint density at radius 2 is 1.94 bits per heavy atom. The van der Waals surface area contributed by atoms with E-state index in [2.05, 4.69) is 33.0 Å². The van der Waals surface area contributed by atoms with E-state index < -0.39 is 11.7 Å². The van der Waals surface area contributed by atoms with Crippen molar-refractivity contribution in [3.63, 3.8) is 0 Å². The molecule has 3 nitrogen and oxygen atoms in total. The summed E-state index contributed by atoms with van der Waals surface area (Å²) in [4.78, 5) is 0. The topological polar surface area (TPSA) is 52.5 Å². The summed E-state index contributed by atoms with van der Waals surface area (Å²) >= 11 is 0. The Labute approximate surface area is 98.2 Å². The standard InChI is InChI=1S/C13H25NO2/c1-8(2)14-7-13(16)6-10-9(5-11(13)15)12(10,3)4/h8-11,14-16H,5-7H2,1-4H3/t9-,10+,11-,13-/m1/s1. The first-order valence-electron chi connectivity index (χ1n) is 6.41. The third-order valence-corrected chi connectivity index (χ3v) is 4.78. The Morgan fingerprint density at radius 3 is 2.50 bits per heavy atom. The summed E-state index contributed by atoms with van der Waals surface area (Å²) in [6, 6.07) is 0.348. The molecule has 2 aliphatic rings. The van der Waals surface area contributed by atoms with Gasteiger partial charge in [-0.3, -0.25) is 0 Å². The molecule has 0 bridgehead atoms. The molecule has 3 heteroatoms. The van der Waals surface area contributed by atoms with Crippen LogP contribution < -0.4 is 5.32 Å². The molecule has 0 aliphatic heterocycles. The molecule has 0 aromatic rings. The normalized spacial score (nSPS) is 45.6. The van der Waals surface area contributed by atoms with Crippen molar-refractivity contribution in [2.24, 2.45) is 17.3 Å². The molecule has 2 fully saturated rings. The second-order valence-electron chi connectivity index (χ2n) is 6.63. The van der Waals surface area contributed by atoms with E-state index in [1.165, 1.54) is 0 Å². The van der Waals surface area contributed by atoms with Crippen LogP contribution in [0.15, 0.2) is 0 Å². The van der Waals surface area contributed by atoms with Crippen LogP contribution >= 0.6 is 0 Å². The predicted octanol–water partition coefficient (Wildman–Crippen LogP) is 1.14. The molecular weight excluding hydrogens is 202 g/mol. The third-order valence-electron chi connectivity index (χ3n) is 4.78. The SMILES string of the molecule is CC(C)NC[C@]1(O)C[C@H]2[C@@H](C[C@H]1O)C2(C)C. The third kappa shape index (κ3) is 1.89. The van der Waals surface area contributed by atoms with Crippen LogP contribution in [0.4, 0.5) is 0 Å². The second-order valence-corrected chi connectivity index (χ2v) is 6.63. The summed E-state index contributed by atoms with van der Waals surface area (Å²) in [7, 11) is 0. The first kappa shape index (κ1) is 12.3. The predicted molar refractivity (Wildman–Crippen MR) is 64.1 cm³/mol. The van der Waals surface area contributed by atoms with E-state index in [-0.39, 0.29) is 0 Å². The minimum absolute atomic E-state index is 0.323. The van der Waals surface area contributed by atoms with Crippen molar-refractivity contribution in [1.29, 1.82) is 0 Å². The maximum absolute atomic E-state index is 10.5. The van der Waals surface area contributed by atoms with Gasteiger partial charge in [-0.15, -0.1) is 0 Å². The lowest BCUT2D eigenvalue weighted by atomic mass is 9.82. The summed E-state index contributed by atoms with van der Waals surface area (Å²) in [6.07, 6.45) is 0.932. The Hall–Kier alpha value is -0.120. The van der Waals surface area contributed by atoms with Crippen molar-refractivity contribution in [3.05, 3.63) is 0 Å². The molecule has 0 heterocycles. The van der Waals surface area contributed by atoms with E-state index in [0.717, 1.165) is 12.8 Å². The Balaban J connectivity index is 1.99. The van der Waals surface area contributed by atoms with Gasteiger partial charge in [0.25, 0.3) is 0 Å². The van der Waals surface area contributed by atoms with Crippen molar-refractivity contribution < 1.29 is 10.2 Å². The van der Waals surface area contributed by atoms with Gasteiger partial charge in [-0.1, -0.05) is 27.7 Å². The van der Waals surface area contributed by atoms with E-state index >= 15 is 0 Å². The Morgan fingerprint density at radius 1 is 1.31 bits per heavy atom. The van der Waals surface area contributed by atoms with Crippen LogP contribution in [0.3, 0.4) is 0 Å². The lowest BCUT2D eigenvalue weighted by Gasteiger charge is -2.37. The molecule has 0 unspecified atom stereocenters. The number of aliphatic hydroxyl groups is 2. The highest BCUT2D eigenvalue weighted by Gasteiger charge is 2.64. The van der Waals surface area contributed by atoms with Gasteiger partial charge >= 0.3 is 0 Å². The van der Waals surface area contributed by atoms with Gasteiger partial charge in [-0.25, -0.2) is 0 Å². The quantitative estimate of drug-likeness (QED) is 0.678. The van der Waals surface area contributed by atoms with Gasteiger partial charge < -0.3 is 15.5 Å². The van der Waals surface area contributed by atoms with Gasteiger partial charge in [0.1, 0.15) is 5.60 Å². The van der Waals surface area contributed by atoms with Crippen LogP contribution in [0.5, 0.6) is 0 Å². The Bertz CT molecular complexity index is 277. The fraction of sp³-hybridized carbons (Fsp3) is 1.00. The molecule has 0 radical (unpaired) electrons. The van der Waals surface area contributed by atoms with Gasteiger partial charge in [0, 0.05) is 12.6 Å². The summed E-state index contributed by atoms with van der Waals surface area (Å²) in [5.74, 6) is 1.21. The first-order chi connectivity index (χ1) is 7.27. The molecule has 2 rings (SSSR count). The minimum atomic E-state index is -0.917. The number of hydrogen-bond donors (Lipinski definition) is 3. The number of hydrogen-bond acceptors (Lipinski definition) is 3. The van der Waals surface area contributed by atoms with Crippen LogP contribution in [0.2, 0.25) is 0 Å². The molecule has 2 saturated carbocycles. The highest BCUT2D eigenvalue weighted by atomic mass is 16.3. The van der Waals surface area contributed by atoms with E-state index in [1.807, 2.05) is 0 Å². The minimum Gasteiger partial charge on any atom is -0.390 e. The lowest BCUT2D eigenvalue weighted by Crippen LogP contribution is -2.53. The number of fused-ring (bicyclic) bond motifs is 1. The lowest BCUT2D eigenvalue weighted by molar-refractivity contribution is -0.101. The molecule has 0 aromatic heterocycles. The Kier molecular flexibility index (Phi) is 2.84. The average Bonchev–Trinajstić information content (AvgIpc) is 2.66. The second kappa shape index (κ2) is 3.69. The molecule has 2 aliphatic carbocycles. The van der Waals surface area contributed by atoms with Crippen LogP contribution in [0, 0.1) is 17.3 Å². The monoisotopic (exact) mass is 227 g/mol.